The molecule has 2 aromatic rings. The summed E-state index contributed by atoms with van der Waals surface area (Å²) in [5.41, 5.74) is -3.07. The Kier molecular flexibility index (Phi) is 5.81. The van der Waals surface area contributed by atoms with E-state index < -0.39 is 45.1 Å². The van der Waals surface area contributed by atoms with E-state index in [-0.39, 0.29) is 11.3 Å². The zero-order valence-corrected chi connectivity index (χ0v) is 15.8. The monoisotopic (exact) mass is 424 g/mol. The van der Waals surface area contributed by atoms with E-state index in [1.807, 2.05) is 0 Å². The Morgan fingerprint density at radius 3 is 2.37 bits per heavy atom. The largest absolute Gasteiger partial charge is 0.459 e. The van der Waals surface area contributed by atoms with Crippen LogP contribution in [-0.2, 0) is 18.0 Å². The number of carbonyl (C=O) groups excluding carboxylic acids is 1. The zero-order valence-electron chi connectivity index (χ0n) is 14.2. The third kappa shape index (κ3) is 4.22. The highest BCUT2D eigenvalue weighted by molar-refractivity contribution is 7.71. The van der Waals surface area contributed by atoms with Gasteiger partial charge in [0.15, 0.2) is 0 Å². The van der Waals surface area contributed by atoms with E-state index in [4.69, 9.17) is 28.6 Å². The Labute approximate surface area is 160 Å². The normalized spacial score (nSPS) is 11.7. The van der Waals surface area contributed by atoms with Gasteiger partial charge in [-0.05, 0) is 26.0 Å². The van der Waals surface area contributed by atoms with Gasteiger partial charge in [0, 0.05) is 13.1 Å². The van der Waals surface area contributed by atoms with Gasteiger partial charge in [-0.2, -0.15) is 13.2 Å². The minimum absolute atomic E-state index is 0.257. The molecule has 0 saturated heterocycles. The van der Waals surface area contributed by atoms with Crippen molar-refractivity contribution in [2.24, 2.45) is 7.05 Å². The Morgan fingerprint density at radius 2 is 1.85 bits per heavy atom. The summed E-state index contributed by atoms with van der Waals surface area (Å²) in [6.07, 6.45) is -5.33. The van der Waals surface area contributed by atoms with Crippen molar-refractivity contribution in [1.29, 1.82) is 0 Å². The minimum atomic E-state index is -4.81. The third-order valence-corrected chi connectivity index (χ3v) is 4.13. The van der Waals surface area contributed by atoms with Gasteiger partial charge in [-0.1, -0.05) is 23.8 Å². The lowest BCUT2D eigenvalue weighted by atomic mass is 10.2. The highest BCUT2D eigenvalue weighted by Gasteiger charge is 2.34. The summed E-state index contributed by atoms with van der Waals surface area (Å²) in [6, 6.07) is 2.38. The van der Waals surface area contributed by atoms with Crippen LogP contribution in [0.15, 0.2) is 23.0 Å². The quantitative estimate of drug-likeness (QED) is 0.419. The number of alkyl halides is 3. The summed E-state index contributed by atoms with van der Waals surface area (Å²) in [4.78, 5) is 24.5. The van der Waals surface area contributed by atoms with Gasteiger partial charge in [-0.3, -0.25) is 9.13 Å². The molecule has 0 saturated carbocycles. The van der Waals surface area contributed by atoms with Gasteiger partial charge in [-0.15, -0.1) is 0 Å². The van der Waals surface area contributed by atoms with Crippen molar-refractivity contribution in [2.75, 3.05) is 0 Å². The molecule has 0 spiro atoms. The number of rotatable bonds is 3. The number of aromatic nitrogens is 2. The average molecular weight is 425 g/mol. The number of ether oxygens (including phenoxy) is 1. The highest BCUT2D eigenvalue weighted by atomic mass is 35.5. The van der Waals surface area contributed by atoms with E-state index >= 15 is 0 Å². The fourth-order valence-corrected chi connectivity index (χ4v) is 2.75. The van der Waals surface area contributed by atoms with Crippen molar-refractivity contribution >= 4 is 29.8 Å². The molecule has 1 aromatic heterocycles. The van der Waals surface area contributed by atoms with Gasteiger partial charge in [0.1, 0.15) is 16.2 Å². The van der Waals surface area contributed by atoms with Crippen LogP contribution in [0.5, 0.6) is 0 Å². The predicted molar refractivity (Wildman–Crippen MR) is 92.4 cm³/mol. The second-order valence-corrected chi connectivity index (χ2v) is 6.58. The van der Waals surface area contributed by atoms with E-state index in [9.17, 15) is 27.2 Å². The van der Waals surface area contributed by atoms with E-state index in [2.05, 4.69) is 0 Å². The molecule has 1 aromatic carbocycles. The first-order valence-electron chi connectivity index (χ1n) is 7.45. The minimum Gasteiger partial charge on any atom is -0.459 e. The molecule has 0 N–H and O–H groups in total. The van der Waals surface area contributed by atoms with Gasteiger partial charge in [0.2, 0.25) is 0 Å². The van der Waals surface area contributed by atoms with E-state index in [1.165, 1.54) is 0 Å². The molecular formula is C16H13ClF4N2O3S. The van der Waals surface area contributed by atoms with Gasteiger partial charge in [0.05, 0.1) is 22.4 Å². The van der Waals surface area contributed by atoms with Crippen LogP contribution in [0.25, 0.3) is 5.69 Å². The summed E-state index contributed by atoms with van der Waals surface area (Å²) in [5.74, 6) is -2.01. The Hall–Kier alpha value is -2.20. The van der Waals surface area contributed by atoms with Crippen LogP contribution < -0.4 is 5.69 Å². The van der Waals surface area contributed by atoms with Crippen molar-refractivity contribution in [3.05, 3.63) is 55.4 Å². The second kappa shape index (κ2) is 7.43. The highest BCUT2D eigenvalue weighted by Crippen LogP contribution is 2.29. The van der Waals surface area contributed by atoms with Gasteiger partial charge in [-0.25, -0.2) is 14.0 Å². The lowest BCUT2D eigenvalue weighted by molar-refractivity contribution is -0.144. The maximum Gasteiger partial charge on any atom is 0.431 e. The van der Waals surface area contributed by atoms with Crippen LogP contribution in [-0.4, -0.2) is 21.2 Å². The van der Waals surface area contributed by atoms with Crippen LogP contribution in [0.4, 0.5) is 17.6 Å². The molecule has 146 valence electrons. The second-order valence-electron chi connectivity index (χ2n) is 5.79. The van der Waals surface area contributed by atoms with E-state index in [0.29, 0.717) is 15.2 Å². The molecule has 0 fully saturated rings. The number of nitrogens with zero attached hydrogens (tertiary/aromatic N) is 2. The van der Waals surface area contributed by atoms with E-state index in [0.717, 1.165) is 19.2 Å². The Bertz CT molecular complexity index is 1030. The van der Waals surface area contributed by atoms with Crippen molar-refractivity contribution in [1.82, 2.24) is 9.13 Å². The fourth-order valence-electron chi connectivity index (χ4n) is 2.27. The SMILES string of the molecule is CC(C)OC(=O)c1cc(-n2c(=S)cc(C(F)(F)F)n(C)c2=O)cc(F)c1Cl. The molecule has 0 aliphatic rings. The zero-order chi connectivity index (χ0) is 20.7. The van der Waals surface area contributed by atoms with Crippen LogP contribution in [0.1, 0.15) is 29.9 Å². The summed E-state index contributed by atoms with van der Waals surface area (Å²) in [7, 11) is 0.899. The van der Waals surface area contributed by atoms with E-state index in [1.54, 1.807) is 13.8 Å². The smallest absolute Gasteiger partial charge is 0.431 e. The van der Waals surface area contributed by atoms with Crippen molar-refractivity contribution in [3.63, 3.8) is 0 Å². The molecule has 0 amide bonds. The molecule has 5 nitrogen and oxygen atoms in total. The van der Waals surface area contributed by atoms with Crippen LogP contribution in [0.3, 0.4) is 0 Å². The predicted octanol–water partition coefficient (Wildman–Crippen LogP) is 4.28. The number of hydrogen-bond acceptors (Lipinski definition) is 4. The Balaban J connectivity index is 2.75. The summed E-state index contributed by atoms with van der Waals surface area (Å²) >= 11 is 10.7. The first kappa shape index (κ1) is 21.1. The molecule has 0 atom stereocenters. The number of hydrogen-bond donors (Lipinski definition) is 0. The van der Waals surface area contributed by atoms with Gasteiger partial charge >= 0.3 is 17.8 Å². The average Bonchev–Trinajstić information content (AvgIpc) is 2.52. The van der Waals surface area contributed by atoms with Crippen LogP contribution in [0.2, 0.25) is 5.02 Å². The lowest BCUT2D eigenvalue weighted by Gasteiger charge is -2.16. The molecule has 27 heavy (non-hydrogen) atoms. The number of benzene rings is 1. The van der Waals surface area contributed by atoms with Gasteiger partial charge in [0.25, 0.3) is 0 Å². The lowest BCUT2D eigenvalue weighted by Crippen LogP contribution is -2.33. The summed E-state index contributed by atoms with van der Waals surface area (Å²) < 4.78 is 58.6. The van der Waals surface area contributed by atoms with Crippen LogP contribution >= 0.6 is 23.8 Å². The molecule has 0 bridgehead atoms. The fraction of sp³-hybridized carbons (Fsp3) is 0.312. The molecule has 0 radical (unpaired) electrons. The molecule has 2 rings (SSSR count). The summed E-state index contributed by atoms with van der Waals surface area (Å²) in [5, 5.41) is -0.542. The topological polar surface area (TPSA) is 53.2 Å². The first-order valence-corrected chi connectivity index (χ1v) is 8.24. The van der Waals surface area contributed by atoms with Crippen LogP contribution in [0, 0.1) is 10.5 Å². The van der Waals surface area contributed by atoms with Crippen molar-refractivity contribution in [3.8, 4) is 5.69 Å². The maximum atomic E-state index is 14.2. The number of halogens is 5. The maximum absolute atomic E-state index is 14.2. The number of carbonyl (C=O) groups is 1. The molecule has 1 heterocycles. The van der Waals surface area contributed by atoms with Crippen molar-refractivity contribution < 1.29 is 27.1 Å². The third-order valence-electron chi connectivity index (χ3n) is 3.44. The molecular weight excluding hydrogens is 412 g/mol. The first-order chi connectivity index (χ1) is 12.3. The number of esters is 1. The molecule has 11 heteroatoms. The standard InChI is InChI=1S/C16H13ClF4N2O3S/c1-7(2)26-14(24)9-4-8(5-10(18)13(9)17)23-12(27)6-11(16(19,20)21)22(3)15(23)25/h4-7H,1-3H3. The van der Waals surface area contributed by atoms with Crippen molar-refractivity contribution in [2.45, 2.75) is 26.1 Å². The summed E-state index contributed by atoms with van der Waals surface area (Å²) in [6.45, 7) is 3.13. The molecule has 0 aliphatic carbocycles. The Morgan fingerprint density at radius 1 is 1.26 bits per heavy atom. The van der Waals surface area contributed by atoms with Gasteiger partial charge < -0.3 is 4.74 Å². The molecule has 0 unspecified atom stereocenters. The molecule has 0 aliphatic heterocycles.